The number of phenolic OH excluding ortho intramolecular Hbond substituents is 1. The Morgan fingerprint density at radius 3 is 2.38 bits per heavy atom. The number of pyridine rings is 1. The molecule has 0 aliphatic rings. The van der Waals surface area contributed by atoms with Crippen LogP contribution in [0.5, 0.6) is 5.75 Å². The van der Waals surface area contributed by atoms with Crippen LogP contribution in [0.4, 0.5) is 11.4 Å². The molecule has 0 fully saturated rings. The highest BCUT2D eigenvalue weighted by atomic mass is 16.6. The molecule has 2 heterocycles. The average Bonchev–Trinajstić information content (AvgIpc) is 3.08. The molecule has 4 rings (SSSR count). The van der Waals surface area contributed by atoms with Gasteiger partial charge in [-0.05, 0) is 24.6 Å². The molecular formula is C19H13N5O5. The predicted octanol–water partition coefficient (Wildman–Crippen LogP) is 4.12. The third kappa shape index (κ3) is 2.92. The van der Waals surface area contributed by atoms with Crippen molar-refractivity contribution >= 4 is 22.4 Å². The van der Waals surface area contributed by atoms with Crippen molar-refractivity contribution < 1.29 is 15.0 Å². The molecule has 0 aliphatic heterocycles. The Bertz CT molecular complexity index is 1280. The molecule has 0 radical (unpaired) electrons. The third-order valence-corrected chi connectivity index (χ3v) is 4.55. The van der Waals surface area contributed by atoms with Crippen LogP contribution in [0.15, 0.2) is 48.5 Å². The topological polar surface area (TPSA) is 148 Å². The number of aromatic amines is 1. The number of hydrogen-bond acceptors (Lipinski definition) is 7. The number of H-pyrrole nitrogens is 1. The maximum atomic E-state index is 12.1. The molecule has 0 saturated carbocycles. The number of rotatable bonds is 4. The first-order chi connectivity index (χ1) is 13.9. The van der Waals surface area contributed by atoms with Gasteiger partial charge in [0.2, 0.25) is 0 Å². The van der Waals surface area contributed by atoms with Crippen LogP contribution in [0.3, 0.4) is 0 Å². The minimum Gasteiger partial charge on any atom is -0.502 e. The number of nitro groups is 2. The lowest BCUT2D eigenvalue weighted by Gasteiger charge is -2.10. The summed E-state index contributed by atoms with van der Waals surface area (Å²) < 4.78 is 0. The molecule has 0 atom stereocenters. The summed E-state index contributed by atoms with van der Waals surface area (Å²) in [7, 11) is 0. The van der Waals surface area contributed by atoms with Crippen molar-refractivity contribution in [3.63, 3.8) is 0 Å². The second-order valence-electron chi connectivity index (χ2n) is 6.31. The van der Waals surface area contributed by atoms with Gasteiger partial charge in [-0.25, -0.2) is 4.98 Å². The number of hydrogen-bond donors (Lipinski definition) is 2. The van der Waals surface area contributed by atoms with Crippen LogP contribution in [0, 0.1) is 27.2 Å². The standard InChI is InChI=1S/C19H13N5O5/c1-10-15-16(12-7-8-14(25)13(9-12)23(26)27)18(24(28)29)17(20-19(15)22-21-10)11-5-3-2-4-6-11/h2-9,25H,1H3,(H,20,21,22). The van der Waals surface area contributed by atoms with Crippen molar-refractivity contribution in [3.05, 3.63) is 74.5 Å². The fraction of sp³-hybridized carbons (Fsp3) is 0.0526. The van der Waals surface area contributed by atoms with Gasteiger partial charge in [-0.2, -0.15) is 5.10 Å². The monoisotopic (exact) mass is 391 g/mol. The highest BCUT2D eigenvalue weighted by Gasteiger charge is 2.30. The zero-order valence-electron chi connectivity index (χ0n) is 15.0. The quantitative estimate of drug-likeness (QED) is 0.392. The van der Waals surface area contributed by atoms with E-state index in [1.54, 1.807) is 37.3 Å². The molecule has 0 aliphatic carbocycles. The average molecular weight is 391 g/mol. The lowest BCUT2D eigenvalue weighted by atomic mass is 9.96. The molecule has 0 bridgehead atoms. The van der Waals surface area contributed by atoms with Gasteiger partial charge in [0.15, 0.2) is 17.1 Å². The second kappa shape index (κ2) is 6.68. The third-order valence-electron chi connectivity index (χ3n) is 4.55. The maximum Gasteiger partial charge on any atom is 0.311 e. The molecule has 0 spiro atoms. The second-order valence-corrected chi connectivity index (χ2v) is 6.31. The van der Waals surface area contributed by atoms with Crippen LogP contribution in [-0.4, -0.2) is 30.1 Å². The Morgan fingerprint density at radius 1 is 1.00 bits per heavy atom. The van der Waals surface area contributed by atoms with E-state index < -0.39 is 21.3 Å². The minimum absolute atomic E-state index is 0.0975. The fourth-order valence-corrected chi connectivity index (χ4v) is 3.27. The summed E-state index contributed by atoms with van der Waals surface area (Å²) in [5.74, 6) is -0.529. The summed E-state index contributed by atoms with van der Waals surface area (Å²) >= 11 is 0. The summed E-state index contributed by atoms with van der Waals surface area (Å²) in [6.07, 6.45) is 0. The molecule has 4 aromatic rings. The molecule has 10 nitrogen and oxygen atoms in total. The zero-order chi connectivity index (χ0) is 20.7. The summed E-state index contributed by atoms with van der Waals surface area (Å²) in [6.45, 7) is 1.68. The fourth-order valence-electron chi connectivity index (χ4n) is 3.27. The number of fused-ring (bicyclic) bond motifs is 1. The van der Waals surface area contributed by atoms with Crippen LogP contribution in [0.2, 0.25) is 0 Å². The van der Waals surface area contributed by atoms with E-state index in [1.165, 1.54) is 6.07 Å². The smallest absolute Gasteiger partial charge is 0.311 e. The molecular weight excluding hydrogens is 378 g/mol. The molecule has 0 amide bonds. The van der Waals surface area contributed by atoms with Crippen molar-refractivity contribution in [2.75, 3.05) is 0 Å². The highest BCUT2D eigenvalue weighted by Crippen LogP contribution is 2.44. The van der Waals surface area contributed by atoms with Crippen molar-refractivity contribution in [2.45, 2.75) is 6.92 Å². The van der Waals surface area contributed by atoms with E-state index in [0.29, 0.717) is 16.6 Å². The molecule has 10 heteroatoms. The first kappa shape index (κ1) is 18.0. The van der Waals surface area contributed by atoms with Gasteiger partial charge in [-0.1, -0.05) is 30.3 Å². The largest absolute Gasteiger partial charge is 0.502 e. The molecule has 2 aromatic carbocycles. The lowest BCUT2D eigenvalue weighted by molar-refractivity contribution is -0.385. The van der Waals surface area contributed by atoms with Crippen molar-refractivity contribution in [2.24, 2.45) is 0 Å². The van der Waals surface area contributed by atoms with Crippen LogP contribution in [0.25, 0.3) is 33.4 Å². The van der Waals surface area contributed by atoms with E-state index in [-0.39, 0.29) is 28.2 Å². The molecule has 144 valence electrons. The molecule has 2 aromatic heterocycles. The summed E-state index contributed by atoms with van der Waals surface area (Å²) in [5, 5.41) is 40.4. The number of aryl methyl sites for hydroxylation is 1. The van der Waals surface area contributed by atoms with Crippen molar-refractivity contribution in [1.29, 1.82) is 0 Å². The van der Waals surface area contributed by atoms with Crippen LogP contribution in [0.1, 0.15) is 5.69 Å². The number of aromatic nitrogens is 3. The zero-order valence-corrected chi connectivity index (χ0v) is 15.0. The lowest BCUT2D eigenvalue weighted by Crippen LogP contribution is -2.00. The van der Waals surface area contributed by atoms with E-state index in [4.69, 9.17) is 0 Å². The summed E-state index contributed by atoms with van der Waals surface area (Å²) in [4.78, 5) is 26.5. The Morgan fingerprint density at radius 2 is 1.72 bits per heavy atom. The maximum absolute atomic E-state index is 12.1. The van der Waals surface area contributed by atoms with E-state index in [1.807, 2.05) is 0 Å². The van der Waals surface area contributed by atoms with E-state index in [9.17, 15) is 25.3 Å². The van der Waals surface area contributed by atoms with Crippen LogP contribution < -0.4 is 0 Å². The Labute approximate surface area is 162 Å². The number of phenols is 1. The molecule has 0 unspecified atom stereocenters. The number of aromatic hydroxyl groups is 1. The first-order valence-electron chi connectivity index (χ1n) is 8.44. The normalized spacial score (nSPS) is 10.9. The van der Waals surface area contributed by atoms with Gasteiger partial charge in [0.25, 0.3) is 0 Å². The van der Waals surface area contributed by atoms with E-state index >= 15 is 0 Å². The Kier molecular flexibility index (Phi) is 4.15. The summed E-state index contributed by atoms with van der Waals surface area (Å²) in [5.41, 5.74) is 0.885. The van der Waals surface area contributed by atoms with Crippen molar-refractivity contribution in [3.8, 4) is 28.1 Å². The SMILES string of the molecule is Cc1[nH]nc2nc(-c3ccccc3)c([N+](=O)[O-])c(-c3ccc(O)c([N+](=O)[O-])c3)c12. The number of nitro benzene ring substituents is 1. The first-order valence-corrected chi connectivity index (χ1v) is 8.44. The molecule has 29 heavy (non-hydrogen) atoms. The van der Waals surface area contributed by atoms with Crippen LogP contribution in [-0.2, 0) is 0 Å². The van der Waals surface area contributed by atoms with Crippen molar-refractivity contribution in [1.82, 2.24) is 15.2 Å². The predicted molar refractivity (Wildman–Crippen MR) is 104 cm³/mol. The van der Waals surface area contributed by atoms with E-state index in [0.717, 1.165) is 12.1 Å². The minimum atomic E-state index is -0.747. The van der Waals surface area contributed by atoms with Gasteiger partial charge in [0, 0.05) is 17.3 Å². The summed E-state index contributed by atoms with van der Waals surface area (Å²) in [6, 6.07) is 12.2. The number of nitrogens with zero attached hydrogens (tertiary/aromatic N) is 4. The van der Waals surface area contributed by atoms with Gasteiger partial charge in [0.1, 0.15) is 0 Å². The Hall–Kier alpha value is -4.34. The van der Waals surface area contributed by atoms with Gasteiger partial charge < -0.3 is 5.11 Å². The molecule has 2 N–H and O–H groups in total. The van der Waals surface area contributed by atoms with Gasteiger partial charge in [0.05, 0.1) is 20.8 Å². The van der Waals surface area contributed by atoms with Gasteiger partial charge in [-0.15, -0.1) is 0 Å². The Balaban J connectivity index is 2.16. The highest BCUT2D eigenvalue weighted by molar-refractivity contribution is 6.03. The van der Waals surface area contributed by atoms with Gasteiger partial charge >= 0.3 is 11.4 Å². The van der Waals surface area contributed by atoms with E-state index in [2.05, 4.69) is 15.2 Å². The number of nitrogens with one attached hydrogen (secondary N) is 1. The van der Waals surface area contributed by atoms with Gasteiger partial charge in [-0.3, -0.25) is 25.3 Å². The molecule has 0 saturated heterocycles. The number of benzene rings is 2. The van der Waals surface area contributed by atoms with Crippen LogP contribution >= 0.6 is 0 Å².